The number of nitrogens with two attached hydrogens (primary N) is 1. The summed E-state index contributed by atoms with van der Waals surface area (Å²) in [6, 6.07) is 6.71. The van der Waals surface area contributed by atoms with Gasteiger partial charge in [0.1, 0.15) is 6.04 Å². The number of amides is 2. The molecule has 0 bridgehead atoms. The van der Waals surface area contributed by atoms with Gasteiger partial charge in [-0.05, 0) is 56.3 Å². The number of carbonyl (C=O) groups is 2. The molecule has 7 heteroatoms. The minimum atomic E-state index is -1.06. The molecule has 6 nitrogen and oxygen atoms in total. The van der Waals surface area contributed by atoms with Crippen molar-refractivity contribution in [2.75, 3.05) is 19.6 Å². The lowest BCUT2D eigenvalue weighted by Gasteiger charge is -2.51. The van der Waals surface area contributed by atoms with E-state index >= 15 is 0 Å². The highest BCUT2D eigenvalue weighted by Gasteiger charge is 2.50. The summed E-state index contributed by atoms with van der Waals surface area (Å²) >= 11 is 6.02. The Morgan fingerprint density at radius 2 is 1.90 bits per heavy atom. The molecule has 0 spiro atoms. The average molecular weight is 450 g/mol. The summed E-state index contributed by atoms with van der Waals surface area (Å²) in [6.45, 7) is 5.27. The SMILES string of the molecule is CC1(C)CN(C(=O)[C@@H](CCCN)NC(=O)C2CCCC2)CCC1(O)c1ccc(Cl)cc1. The second-order valence-corrected chi connectivity index (χ2v) is 10.2. The van der Waals surface area contributed by atoms with Crippen molar-refractivity contribution in [1.82, 2.24) is 10.2 Å². The first-order valence-electron chi connectivity index (χ1n) is 11.5. The van der Waals surface area contributed by atoms with Gasteiger partial charge in [0.05, 0.1) is 5.60 Å². The molecular formula is C24H36ClN3O3. The van der Waals surface area contributed by atoms with Crippen LogP contribution in [0.3, 0.4) is 0 Å². The number of aliphatic hydroxyl groups is 1. The summed E-state index contributed by atoms with van der Waals surface area (Å²) in [5, 5.41) is 15.2. The van der Waals surface area contributed by atoms with Crippen molar-refractivity contribution in [3.8, 4) is 0 Å². The van der Waals surface area contributed by atoms with E-state index < -0.39 is 17.1 Å². The molecule has 1 unspecified atom stereocenters. The van der Waals surface area contributed by atoms with Gasteiger partial charge in [0.25, 0.3) is 0 Å². The van der Waals surface area contributed by atoms with Crippen molar-refractivity contribution < 1.29 is 14.7 Å². The molecule has 31 heavy (non-hydrogen) atoms. The topological polar surface area (TPSA) is 95.7 Å². The Kier molecular flexibility index (Phi) is 7.66. The second-order valence-electron chi connectivity index (χ2n) is 9.73. The summed E-state index contributed by atoms with van der Waals surface area (Å²) < 4.78 is 0. The molecule has 1 saturated carbocycles. The van der Waals surface area contributed by atoms with E-state index in [1.807, 2.05) is 26.0 Å². The van der Waals surface area contributed by atoms with E-state index in [-0.39, 0.29) is 17.7 Å². The zero-order chi connectivity index (χ0) is 22.6. The maximum Gasteiger partial charge on any atom is 0.245 e. The van der Waals surface area contributed by atoms with E-state index in [0.29, 0.717) is 43.9 Å². The zero-order valence-electron chi connectivity index (χ0n) is 18.7. The van der Waals surface area contributed by atoms with Crippen molar-refractivity contribution in [1.29, 1.82) is 0 Å². The molecule has 3 rings (SSSR count). The molecule has 1 heterocycles. The third-order valence-corrected chi connectivity index (χ3v) is 7.37. The van der Waals surface area contributed by atoms with Crippen LogP contribution in [-0.4, -0.2) is 47.5 Å². The van der Waals surface area contributed by atoms with E-state index in [1.54, 1.807) is 17.0 Å². The van der Waals surface area contributed by atoms with Gasteiger partial charge in [0.2, 0.25) is 11.8 Å². The van der Waals surface area contributed by atoms with Crippen LogP contribution in [0.15, 0.2) is 24.3 Å². The van der Waals surface area contributed by atoms with Gasteiger partial charge in [0, 0.05) is 29.4 Å². The largest absolute Gasteiger partial charge is 0.384 e. The van der Waals surface area contributed by atoms with E-state index in [0.717, 1.165) is 31.2 Å². The van der Waals surface area contributed by atoms with Gasteiger partial charge in [-0.1, -0.05) is 50.4 Å². The molecular weight excluding hydrogens is 414 g/mol. The molecule has 172 valence electrons. The highest BCUT2D eigenvalue weighted by atomic mass is 35.5. The predicted molar refractivity (Wildman–Crippen MR) is 123 cm³/mol. The smallest absolute Gasteiger partial charge is 0.245 e. The summed E-state index contributed by atoms with van der Waals surface area (Å²) in [5.74, 6) is -0.0752. The Morgan fingerprint density at radius 1 is 1.26 bits per heavy atom. The third kappa shape index (κ3) is 5.24. The van der Waals surface area contributed by atoms with Crippen LogP contribution in [0.2, 0.25) is 5.02 Å². The quantitative estimate of drug-likeness (QED) is 0.595. The average Bonchev–Trinajstić information content (AvgIpc) is 3.28. The highest BCUT2D eigenvalue weighted by molar-refractivity contribution is 6.30. The minimum absolute atomic E-state index is 0.0122. The van der Waals surface area contributed by atoms with Crippen LogP contribution in [0, 0.1) is 11.3 Å². The standard InChI is InChI=1S/C24H36ClN3O3/c1-23(2)16-28(15-13-24(23,31)18-9-11-19(25)12-10-18)22(30)20(8-5-14-26)27-21(29)17-6-3-4-7-17/h9-12,17,20,31H,3-8,13-16,26H2,1-2H3,(H,27,29)/t20-,24?/m1/s1. The lowest BCUT2D eigenvalue weighted by Crippen LogP contribution is -2.60. The van der Waals surface area contributed by atoms with Gasteiger partial charge in [-0.25, -0.2) is 0 Å². The van der Waals surface area contributed by atoms with Crippen molar-refractivity contribution in [2.24, 2.45) is 17.1 Å². The number of nitrogens with one attached hydrogen (secondary N) is 1. The summed E-state index contributed by atoms with van der Waals surface area (Å²) in [7, 11) is 0. The van der Waals surface area contributed by atoms with E-state index in [1.165, 1.54) is 0 Å². The Bertz CT molecular complexity index is 777. The van der Waals surface area contributed by atoms with Gasteiger partial charge in [-0.2, -0.15) is 0 Å². The molecule has 1 aliphatic heterocycles. The van der Waals surface area contributed by atoms with Crippen molar-refractivity contribution in [2.45, 2.75) is 70.4 Å². The molecule has 4 N–H and O–H groups in total. The number of hydrogen-bond acceptors (Lipinski definition) is 4. The van der Waals surface area contributed by atoms with Crippen LogP contribution in [0.5, 0.6) is 0 Å². The molecule has 2 aliphatic rings. The van der Waals surface area contributed by atoms with Crippen LogP contribution in [0.1, 0.15) is 64.4 Å². The van der Waals surface area contributed by atoms with Gasteiger partial charge in [-0.15, -0.1) is 0 Å². The fourth-order valence-electron chi connectivity index (χ4n) is 5.05. The summed E-state index contributed by atoms with van der Waals surface area (Å²) in [6.07, 6.45) is 5.57. The monoisotopic (exact) mass is 449 g/mol. The Morgan fingerprint density at radius 3 is 2.48 bits per heavy atom. The number of hydrogen-bond donors (Lipinski definition) is 3. The molecule has 2 amide bonds. The van der Waals surface area contributed by atoms with Crippen molar-refractivity contribution >= 4 is 23.4 Å². The summed E-state index contributed by atoms with van der Waals surface area (Å²) in [5.41, 5.74) is 4.86. The molecule has 2 atom stereocenters. The second kappa shape index (κ2) is 9.88. The number of halogens is 1. The first kappa shape index (κ1) is 24.0. The number of rotatable bonds is 7. The molecule has 1 saturated heterocycles. The molecule has 0 radical (unpaired) electrons. The van der Waals surface area contributed by atoms with E-state index in [2.05, 4.69) is 5.32 Å². The fourth-order valence-corrected chi connectivity index (χ4v) is 5.17. The number of likely N-dealkylation sites (tertiary alicyclic amines) is 1. The first-order chi connectivity index (χ1) is 14.7. The van der Waals surface area contributed by atoms with Gasteiger partial charge < -0.3 is 21.1 Å². The maximum atomic E-state index is 13.4. The zero-order valence-corrected chi connectivity index (χ0v) is 19.5. The number of nitrogens with zero attached hydrogens (tertiary/aromatic N) is 1. The van der Waals surface area contributed by atoms with Crippen LogP contribution < -0.4 is 11.1 Å². The van der Waals surface area contributed by atoms with Crippen LogP contribution in [0.4, 0.5) is 0 Å². The van der Waals surface area contributed by atoms with Crippen LogP contribution in [-0.2, 0) is 15.2 Å². The normalized spacial score (nSPS) is 24.7. The number of piperidine rings is 1. The highest BCUT2D eigenvalue weighted by Crippen LogP contribution is 2.46. The minimum Gasteiger partial charge on any atom is -0.384 e. The molecule has 1 aliphatic carbocycles. The molecule has 0 aromatic heterocycles. The first-order valence-corrected chi connectivity index (χ1v) is 11.8. The molecule has 1 aromatic rings. The van der Waals surface area contributed by atoms with Gasteiger partial charge in [-0.3, -0.25) is 9.59 Å². The lowest BCUT2D eigenvalue weighted by molar-refractivity contribution is -0.156. The molecule has 1 aromatic carbocycles. The van der Waals surface area contributed by atoms with Gasteiger partial charge in [0.15, 0.2) is 0 Å². The van der Waals surface area contributed by atoms with Crippen molar-refractivity contribution in [3.63, 3.8) is 0 Å². The Labute approximate surface area is 190 Å². The Hall–Kier alpha value is -1.63. The maximum absolute atomic E-state index is 13.4. The van der Waals surface area contributed by atoms with E-state index in [9.17, 15) is 14.7 Å². The lowest BCUT2D eigenvalue weighted by atomic mass is 9.66. The summed E-state index contributed by atoms with van der Waals surface area (Å²) in [4.78, 5) is 27.9. The van der Waals surface area contributed by atoms with Crippen LogP contribution in [0.25, 0.3) is 0 Å². The van der Waals surface area contributed by atoms with E-state index in [4.69, 9.17) is 17.3 Å². The fraction of sp³-hybridized carbons (Fsp3) is 0.667. The molecule has 2 fully saturated rings. The van der Waals surface area contributed by atoms with Gasteiger partial charge >= 0.3 is 0 Å². The number of carbonyl (C=O) groups excluding carboxylic acids is 2. The Balaban J connectivity index is 1.72. The number of benzene rings is 1. The third-order valence-electron chi connectivity index (χ3n) is 7.12. The van der Waals surface area contributed by atoms with Crippen molar-refractivity contribution in [3.05, 3.63) is 34.9 Å². The predicted octanol–water partition coefficient (Wildman–Crippen LogP) is 3.20. The van der Waals surface area contributed by atoms with Crippen LogP contribution >= 0.6 is 11.6 Å².